The first-order valence-corrected chi connectivity index (χ1v) is 10.6. The van der Waals surface area contributed by atoms with Crippen molar-refractivity contribution in [1.29, 1.82) is 0 Å². The van der Waals surface area contributed by atoms with Crippen molar-refractivity contribution in [3.8, 4) is 0 Å². The smallest absolute Gasteiger partial charge is 0.270 e. The number of anilines is 1. The van der Waals surface area contributed by atoms with Crippen LogP contribution >= 0.6 is 0 Å². The van der Waals surface area contributed by atoms with Crippen LogP contribution in [0.3, 0.4) is 0 Å². The lowest BCUT2D eigenvalue weighted by molar-refractivity contribution is 0.0949. The Bertz CT molecular complexity index is 972. The maximum absolute atomic E-state index is 12.7. The maximum atomic E-state index is 12.7. The number of H-pyrrole nitrogens is 1. The van der Waals surface area contributed by atoms with E-state index in [-0.39, 0.29) is 5.91 Å². The topological polar surface area (TPSA) is 82.7 Å². The van der Waals surface area contributed by atoms with Crippen LogP contribution in [0.25, 0.3) is 10.9 Å². The molecule has 6 heteroatoms. The Balaban J connectivity index is 1.37. The molecule has 1 fully saturated rings. The molecule has 2 heterocycles. The molecule has 2 aromatic heterocycles. The largest absolute Gasteiger partial charge is 0.367 e. The summed E-state index contributed by atoms with van der Waals surface area (Å²) in [4.78, 5) is 24.8. The first kappa shape index (κ1) is 19.4. The van der Waals surface area contributed by atoms with E-state index >= 15 is 0 Å². The predicted octanol–water partition coefficient (Wildman–Crippen LogP) is 4.37. The second-order valence-corrected chi connectivity index (χ2v) is 7.88. The van der Waals surface area contributed by atoms with Gasteiger partial charge in [-0.25, -0.2) is 9.97 Å². The second kappa shape index (κ2) is 9.07. The van der Waals surface area contributed by atoms with Crippen LogP contribution in [-0.2, 0) is 6.42 Å². The molecule has 1 amide bonds. The van der Waals surface area contributed by atoms with E-state index < -0.39 is 0 Å². The van der Waals surface area contributed by atoms with Gasteiger partial charge in [-0.05, 0) is 37.8 Å². The molecule has 0 bridgehead atoms. The number of hydrogen-bond acceptors (Lipinski definition) is 4. The number of fused-ring (bicyclic) bond motifs is 1. The van der Waals surface area contributed by atoms with Crippen molar-refractivity contribution < 1.29 is 4.79 Å². The summed E-state index contributed by atoms with van der Waals surface area (Å²) in [6.45, 7) is 2.40. The SMILES string of the molecule is Cc1nc(NC2CCCCCC2)cc(C(=O)NCCc2c[nH]c3ccccc23)n1. The van der Waals surface area contributed by atoms with Gasteiger partial charge < -0.3 is 15.6 Å². The monoisotopic (exact) mass is 391 g/mol. The molecule has 152 valence electrons. The number of para-hydroxylation sites is 1. The summed E-state index contributed by atoms with van der Waals surface area (Å²) in [6.07, 6.45) is 10.2. The molecule has 29 heavy (non-hydrogen) atoms. The molecule has 6 nitrogen and oxygen atoms in total. The normalized spacial score (nSPS) is 15.2. The van der Waals surface area contributed by atoms with E-state index in [0.29, 0.717) is 24.1 Å². The third-order valence-corrected chi connectivity index (χ3v) is 5.63. The van der Waals surface area contributed by atoms with Gasteiger partial charge in [0.25, 0.3) is 5.91 Å². The van der Waals surface area contributed by atoms with Gasteiger partial charge >= 0.3 is 0 Å². The Morgan fingerprint density at radius 1 is 1.14 bits per heavy atom. The molecule has 0 unspecified atom stereocenters. The van der Waals surface area contributed by atoms with Crippen LogP contribution in [0.1, 0.15) is 60.4 Å². The number of benzene rings is 1. The number of nitrogens with one attached hydrogen (secondary N) is 3. The molecule has 0 spiro atoms. The van der Waals surface area contributed by atoms with E-state index in [4.69, 9.17) is 0 Å². The standard InChI is InChI=1S/C23H29N5O/c1-16-26-21(14-22(27-16)28-18-8-4-2-3-5-9-18)23(29)24-13-12-17-15-25-20-11-7-6-10-19(17)20/h6-7,10-11,14-15,18,25H,2-5,8-9,12-13H2,1H3,(H,24,29)(H,26,27,28). The van der Waals surface area contributed by atoms with E-state index in [2.05, 4.69) is 37.7 Å². The second-order valence-electron chi connectivity index (χ2n) is 7.88. The van der Waals surface area contributed by atoms with Crippen LogP contribution in [0.5, 0.6) is 0 Å². The summed E-state index contributed by atoms with van der Waals surface area (Å²) in [5.41, 5.74) is 2.75. The molecule has 1 aromatic carbocycles. The number of aromatic nitrogens is 3. The predicted molar refractivity (Wildman–Crippen MR) is 116 cm³/mol. The summed E-state index contributed by atoms with van der Waals surface area (Å²) in [5.74, 6) is 1.22. The lowest BCUT2D eigenvalue weighted by Crippen LogP contribution is -2.27. The van der Waals surface area contributed by atoms with Crippen LogP contribution in [0.4, 0.5) is 5.82 Å². The Kier molecular flexibility index (Phi) is 6.08. The number of aryl methyl sites for hydroxylation is 1. The van der Waals surface area contributed by atoms with Gasteiger partial charge in [0.05, 0.1) is 0 Å². The number of hydrogen-bond donors (Lipinski definition) is 3. The number of amides is 1. The highest BCUT2D eigenvalue weighted by Gasteiger charge is 2.15. The zero-order chi connectivity index (χ0) is 20.1. The molecule has 1 saturated carbocycles. The Morgan fingerprint density at radius 2 is 1.93 bits per heavy atom. The molecule has 4 rings (SSSR count). The zero-order valence-corrected chi connectivity index (χ0v) is 17.0. The van der Waals surface area contributed by atoms with Crippen molar-refractivity contribution in [2.75, 3.05) is 11.9 Å². The lowest BCUT2D eigenvalue weighted by atomic mass is 10.1. The fourth-order valence-electron chi connectivity index (χ4n) is 4.13. The van der Waals surface area contributed by atoms with Crippen LogP contribution < -0.4 is 10.6 Å². The lowest BCUT2D eigenvalue weighted by Gasteiger charge is -2.17. The van der Waals surface area contributed by atoms with Crippen LogP contribution in [0, 0.1) is 6.92 Å². The molecule has 3 aromatic rings. The average Bonchev–Trinajstić information content (AvgIpc) is 2.95. The minimum absolute atomic E-state index is 0.153. The van der Waals surface area contributed by atoms with Gasteiger partial charge in [0, 0.05) is 35.8 Å². The van der Waals surface area contributed by atoms with Crippen LogP contribution in [-0.4, -0.2) is 33.4 Å². The Labute approximate surface area is 171 Å². The summed E-state index contributed by atoms with van der Waals surface area (Å²) in [6, 6.07) is 10.4. The van der Waals surface area contributed by atoms with Gasteiger partial charge in [0.15, 0.2) is 0 Å². The zero-order valence-electron chi connectivity index (χ0n) is 17.0. The highest BCUT2D eigenvalue weighted by atomic mass is 16.1. The number of nitrogens with zero attached hydrogens (tertiary/aromatic N) is 2. The molecular weight excluding hydrogens is 362 g/mol. The molecule has 1 aliphatic rings. The van der Waals surface area contributed by atoms with Crippen molar-refractivity contribution >= 4 is 22.6 Å². The third kappa shape index (κ3) is 4.94. The highest BCUT2D eigenvalue weighted by molar-refractivity contribution is 5.93. The van der Waals surface area contributed by atoms with E-state index in [1.54, 1.807) is 6.07 Å². The van der Waals surface area contributed by atoms with E-state index in [9.17, 15) is 4.79 Å². The molecule has 0 saturated heterocycles. The van der Waals surface area contributed by atoms with Crippen LogP contribution in [0.15, 0.2) is 36.5 Å². The van der Waals surface area contributed by atoms with Gasteiger partial charge in [-0.2, -0.15) is 0 Å². The van der Waals surface area contributed by atoms with Gasteiger partial charge in [-0.15, -0.1) is 0 Å². The van der Waals surface area contributed by atoms with Gasteiger partial charge in [-0.3, -0.25) is 4.79 Å². The van der Waals surface area contributed by atoms with Crippen molar-refractivity contribution in [1.82, 2.24) is 20.3 Å². The summed E-state index contributed by atoms with van der Waals surface area (Å²) < 4.78 is 0. The van der Waals surface area contributed by atoms with Crippen molar-refractivity contribution in [2.24, 2.45) is 0 Å². The highest BCUT2D eigenvalue weighted by Crippen LogP contribution is 2.21. The third-order valence-electron chi connectivity index (χ3n) is 5.63. The van der Waals surface area contributed by atoms with Gasteiger partial charge in [0.2, 0.25) is 0 Å². The Hall–Kier alpha value is -2.89. The van der Waals surface area contributed by atoms with Gasteiger partial charge in [-0.1, -0.05) is 43.9 Å². The number of carbonyl (C=O) groups excluding carboxylic acids is 1. The minimum atomic E-state index is -0.153. The number of aromatic amines is 1. The molecule has 0 atom stereocenters. The van der Waals surface area contributed by atoms with Crippen molar-refractivity contribution in [3.63, 3.8) is 0 Å². The fourth-order valence-corrected chi connectivity index (χ4v) is 4.13. The summed E-state index contributed by atoms with van der Waals surface area (Å²) >= 11 is 0. The van der Waals surface area contributed by atoms with Crippen LogP contribution in [0.2, 0.25) is 0 Å². The fraction of sp³-hybridized carbons (Fsp3) is 0.435. The Morgan fingerprint density at radius 3 is 2.76 bits per heavy atom. The quantitative estimate of drug-likeness (QED) is 0.545. The van der Waals surface area contributed by atoms with Crippen molar-refractivity contribution in [3.05, 3.63) is 53.6 Å². The van der Waals surface area contributed by atoms with E-state index in [1.165, 1.54) is 36.6 Å². The summed E-state index contributed by atoms with van der Waals surface area (Å²) in [7, 11) is 0. The molecule has 1 aliphatic carbocycles. The first-order chi connectivity index (χ1) is 14.2. The molecule has 0 aliphatic heterocycles. The number of rotatable bonds is 6. The summed E-state index contributed by atoms with van der Waals surface area (Å²) in [5, 5.41) is 7.72. The average molecular weight is 392 g/mol. The van der Waals surface area contributed by atoms with Gasteiger partial charge in [0.1, 0.15) is 17.3 Å². The number of carbonyl (C=O) groups is 1. The first-order valence-electron chi connectivity index (χ1n) is 10.6. The molecule has 3 N–H and O–H groups in total. The van der Waals surface area contributed by atoms with E-state index in [0.717, 1.165) is 30.6 Å². The molecular formula is C23H29N5O. The minimum Gasteiger partial charge on any atom is -0.367 e. The van der Waals surface area contributed by atoms with Crippen molar-refractivity contribution in [2.45, 2.75) is 57.9 Å². The van der Waals surface area contributed by atoms with E-state index in [1.807, 2.05) is 25.3 Å². The molecule has 0 radical (unpaired) electrons. The maximum Gasteiger partial charge on any atom is 0.270 e.